The highest BCUT2D eigenvalue weighted by molar-refractivity contribution is 6.39. The van der Waals surface area contributed by atoms with E-state index in [1.54, 1.807) is 0 Å². The zero-order valence-electron chi connectivity index (χ0n) is 7.81. The molecule has 0 spiro atoms. The molecule has 1 heterocycles. The van der Waals surface area contributed by atoms with Crippen LogP contribution in [0.2, 0.25) is 6.04 Å². The van der Waals surface area contributed by atoms with E-state index in [-0.39, 0.29) is 14.7 Å². The molecule has 1 atom stereocenters. The van der Waals surface area contributed by atoms with Crippen molar-refractivity contribution in [2.45, 2.75) is 43.9 Å². The summed E-state index contributed by atoms with van der Waals surface area (Å²) in [7, 11) is -0.187. The number of hydrogen-bond acceptors (Lipinski definition) is 2. The molecule has 0 aromatic heterocycles. The van der Waals surface area contributed by atoms with Gasteiger partial charge in [0.1, 0.15) is 0 Å². The predicted octanol–water partition coefficient (Wildman–Crippen LogP) is 1.40. The van der Waals surface area contributed by atoms with E-state index < -0.39 is 0 Å². The average molecular weight is 183 g/mol. The lowest BCUT2D eigenvalue weighted by molar-refractivity contribution is -0.00727. The van der Waals surface area contributed by atoms with Gasteiger partial charge in [-0.3, -0.25) is 0 Å². The minimum Gasteiger partial charge on any atom is -0.379 e. The van der Waals surface area contributed by atoms with Gasteiger partial charge >= 0.3 is 0 Å². The maximum Gasteiger partial charge on any atom is 0.0618 e. The molecule has 0 radical (unpaired) electrons. The summed E-state index contributed by atoms with van der Waals surface area (Å²) in [6.45, 7) is 3.17. The first-order valence-electron chi connectivity index (χ1n) is 4.78. The molecular formula is C9H17NOSi. The highest BCUT2D eigenvalue weighted by Crippen LogP contribution is 2.24. The van der Waals surface area contributed by atoms with Crippen molar-refractivity contribution in [1.82, 2.24) is 0 Å². The van der Waals surface area contributed by atoms with Crippen molar-refractivity contribution < 1.29 is 4.74 Å². The summed E-state index contributed by atoms with van der Waals surface area (Å²) < 4.78 is 5.76. The molecule has 3 heteroatoms. The Bertz CT molecular complexity index is 170. The van der Waals surface area contributed by atoms with Gasteiger partial charge < -0.3 is 4.74 Å². The second-order valence-electron chi connectivity index (χ2n) is 3.77. The third-order valence-electron chi connectivity index (χ3n) is 2.54. The summed E-state index contributed by atoms with van der Waals surface area (Å²) in [5.74, 6) is 0. The van der Waals surface area contributed by atoms with Crippen molar-refractivity contribution in [1.29, 1.82) is 5.26 Å². The molecule has 1 aliphatic heterocycles. The van der Waals surface area contributed by atoms with Gasteiger partial charge in [0.15, 0.2) is 0 Å². The normalized spacial score (nSPS) is 30.7. The fourth-order valence-electron chi connectivity index (χ4n) is 1.73. The van der Waals surface area contributed by atoms with Gasteiger partial charge in [-0.25, -0.2) is 0 Å². The van der Waals surface area contributed by atoms with Gasteiger partial charge in [0.25, 0.3) is 0 Å². The third kappa shape index (κ3) is 2.96. The van der Waals surface area contributed by atoms with Crippen LogP contribution >= 0.6 is 0 Å². The molecule has 2 nitrogen and oxygen atoms in total. The zero-order valence-corrected chi connectivity index (χ0v) is 9.22. The van der Waals surface area contributed by atoms with E-state index in [4.69, 9.17) is 10.00 Å². The number of ether oxygens (including phenoxy) is 1. The Balaban J connectivity index is 2.23. The van der Waals surface area contributed by atoms with Crippen LogP contribution in [0.15, 0.2) is 0 Å². The van der Waals surface area contributed by atoms with Gasteiger partial charge in [-0.1, -0.05) is 0 Å². The first-order chi connectivity index (χ1) is 5.77. The van der Waals surface area contributed by atoms with Crippen molar-refractivity contribution >= 4 is 9.52 Å². The molecule has 1 unspecified atom stereocenters. The molecule has 0 aromatic carbocycles. The molecule has 1 fully saturated rings. The molecule has 0 amide bonds. The summed E-state index contributed by atoms with van der Waals surface area (Å²) in [5, 5.41) is 8.63. The highest BCUT2D eigenvalue weighted by atomic mass is 28.2. The monoisotopic (exact) mass is 183 g/mol. The maximum atomic E-state index is 8.41. The van der Waals surface area contributed by atoms with Crippen molar-refractivity contribution in [3.8, 4) is 6.07 Å². The van der Waals surface area contributed by atoms with Crippen LogP contribution < -0.4 is 0 Å². The molecule has 1 aliphatic rings. The van der Waals surface area contributed by atoms with Crippen LogP contribution in [0.4, 0.5) is 0 Å². The van der Waals surface area contributed by atoms with Gasteiger partial charge in [0.2, 0.25) is 0 Å². The lowest BCUT2D eigenvalue weighted by Gasteiger charge is -2.33. The smallest absolute Gasteiger partial charge is 0.0618 e. The molecule has 68 valence electrons. The molecule has 0 aliphatic carbocycles. The van der Waals surface area contributed by atoms with Crippen LogP contribution in [0.3, 0.4) is 0 Å². The van der Waals surface area contributed by atoms with E-state index >= 15 is 0 Å². The maximum absolute atomic E-state index is 8.41. The number of nitrogens with zero attached hydrogens (tertiary/aromatic N) is 1. The van der Waals surface area contributed by atoms with E-state index in [9.17, 15) is 0 Å². The average Bonchev–Trinajstić information content (AvgIpc) is 2.06. The van der Waals surface area contributed by atoms with Crippen LogP contribution in [0, 0.1) is 11.3 Å². The number of rotatable bonds is 3. The Morgan fingerprint density at radius 3 is 3.00 bits per heavy atom. The van der Waals surface area contributed by atoms with Crippen LogP contribution in [0.1, 0.15) is 32.6 Å². The van der Waals surface area contributed by atoms with Gasteiger partial charge in [-0.15, -0.1) is 0 Å². The molecule has 0 saturated carbocycles. The van der Waals surface area contributed by atoms with Crippen molar-refractivity contribution in [3.63, 3.8) is 0 Å². The summed E-state index contributed by atoms with van der Waals surface area (Å²) in [4.78, 5) is 0. The molecule has 0 aromatic rings. The zero-order chi connectivity index (χ0) is 8.86. The summed E-state index contributed by atoms with van der Waals surface area (Å²) in [6.07, 6.45) is 4.49. The van der Waals surface area contributed by atoms with Crippen LogP contribution in [-0.4, -0.2) is 21.4 Å². The SMILES string of the molecule is CC1([SiH2]CCC#N)CCCCO1. The lowest BCUT2D eigenvalue weighted by atomic mass is 10.1. The van der Waals surface area contributed by atoms with Crippen molar-refractivity contribution in [3.05, 3.63) is 0 Å². The standard InChI is InChI=1S/C9H17NOSi/c1-9(12-8-4-6-10)5-2-3-7-11-9/h2-5,7-8,12H2,1H3. The summed E-state index contributed by atoms with van der Waals surface area (Å²) in [6, 6.07) is 3.32. The van der Waals surface area contributed by atoms with Crippen molar-refractivity contribution in [2.24, 2.45) is 0 Å². The topological polar surface area (TPSA) is 33.0 Å². The van der Waals surface area contributed by atoms with Crippen molar-refractivity contribution in [2.75, 3.05) is 6.61 Å². The largest absolute Gasteiger partial charge is 0.379 e. The van der Waals surface area contributed by atoms with Gasteiger partial charge in [0, 0.05) is 18.3 Å². The minimum absolute atomic E-state index is 0.187. The van der Waals surface area contributed by atoms with Gasteiger partial charge in [-0.05, 0) is 32.2 Å². The molecule has 0 N–H and O–H groups in total. The van der Waals surface area contributed by atoms with E-state index in [0.717, 1.165) is 19.1 Å². The number of hydrogen-bond donors (Lipinski definition) is 0. The quantitative estimate of drug-likeness (QED) is 0.489. The van der Waals surface area contributed by atoms with E-state index in [2.05, 4.69) is 13.0 Å². The Hall–Kier alpha value is -0.333. The minimum atomic E-state index is -0.187. The second kappa shape index (κ2) is 4.63. The Morgan fingerprint density at radius 1 is 1.58 bits per heavy atom. The molecule has 12 heavy (non-hydrogen) atoms. The number of nitriles is 1. The Labute approximate surface area is 76.7 Å². The summed E-state index contributed by atoms with van der Waals surface area (Å²) in [5.41, 5.74) is 0. The first kappa shape index (κ1) is 9.75. The van der Waals surface area contributed by atoms with E-state index in [0.29, 0.717) is 0 Å². The fourth-order valence-corrected chi connectivity index (χ4v) is 3.60. The Kier molecular flexibility index (Phi) is 3.77. The molecule has 0 bridgehead atoms. The van der Waals surface area contributed by atoms with Crippen LogP contribution in [0.5, 0.6) is 0 Å². The fraction of sp³-hybridized carbons (Fsp3) is 0.889. The molecular weight excluding hydrogens is 166 g/mol. The van der Waals surface area contributed by atoms with Gasteiger partial charge in [-0.2, -0.15) is 5.26 Å². The molecule has 1 rings (SSSR count). The second-order valence-corrected chi connectivity index (χ2v) is 6.47. The van der Waals surface area contributed by atoms with Crippen LogP contribution in [-0.2, 0) is 4.74 Å². The first-order valence-corrected chi connectivity index (χ1v) is 6.48. The predicted molar refractivity (Wildman–Crippen MR) is 51.8 cm³/mol. The summed E-state index contributed by atoms with van der Waals surface area (Å²) >= 11 is 0. The van der Waals surface area contributed by atoms with E-state index in [1.165, 1.54) is 19.3 Å². The highest BCUT2D eigenvalue weighted by Gasteiger charge is 2.26. The lowest BCUT2D eigenvalue weighted by Crippen LogP contribution is -2.38. The Morgan fingerprint density at radius 2 is 2.42 bits per heavy atom. The van der Waals surface area contributed by atoms with E-state index in [1.807, 2.05) is 0 Å². The van der Waals surface area contributed by atoms with Crippen LogP contribution in [0.25, 0.3) is 0 Å². The van der Waals surface area contributed by atoms with Gasteiger partial charge in [0.05, 0.1) is 15.6 Å². The molecule has 1 saturated heterocycles. The third-order valence-corrected chi connectivity index (χ3v) is 4.87.